The Bertz CT molecular complexity index is 1440. The van der Waals surface area contributed by atoms with Crippen LogP contribution in [0.3, 0.4) is 0 Å². The van der Waals surface area contributed by atoms with Gasteiger partial charge in [0.2, 0.25) is 0 Å². The first-order valence-electron chi connectivity index (χ1n) is 36.0. The second-order valence-electron chi connectivity index (χ2n) is 24.5. The second kappa shape index (κ2) is 68.3. The minimum absolute atomic E-state index is 0.0569. The van der Waals surface area contributed by atoms with Gasteiger partial charge < -0.3 is 20.1 Å². The van der Waals surface area contributed by atoms with E-state index >= 15 is 0 Å². The summed E-state index contributed by atoms with van der Waals surface area (Å²) in [5.74, 6) is -0.802. The van der Waals surface area contributed by atoms with Gasteiger partial charge in [-0.15, -0.1) is 0 Å². The molecule has 0 radical (unpaired) electrons. The Morgan fingerprint density at radius 3 is 0.939 bits per heavy atom. The molecule has 0 aliphatic rings. The molecule has 0 amide bonds. The van der Waals surface area contributed by atoms with Crippen molar-refractivity contribution < 1.29 is 37.6 Å². The number of phosphoric ester groups is 1. The highest BCUT2D eigenvalue weighted by atomic mass is 31.2. The lowest BCUT2D eigenvalue weighted by atomic mass is 10.0. The zero-order chi connectivity index (χ0) is 59.4. The van der Waals surface area contributed by atoms with Gasteiger partial charge in [-0.1, -0.05) is 352 Å². The molecule has 0 spiro atoms. The third-order valence-electron chi connectivity index (χ3n) is 16.3. The molecule has 2 unspecified atom stereocenters. The molecule has 0 fully saturated rings. The van der Waals surface area contributed by atoms with Crippen molar-refractivity contribution in [2.45, 2.75) is 386 Å². The van der Waals surface area contributed by atoms with E-state index in [2.05, 4.69) is 50.3 Å². The maximum atomic E-state index is 12.8. The van der Waals surface area contributed by atoms with Crippen molar-refractivity contribution >= 4 is 19.8 Å². The largest absolute Gasteiger partial charge is 0.472 e. The predicted octanol–water partition coefficient (Wildman–Crippen LogP) is 23.5. The molecule has 0 heterocycles. The van der Waals surface area contributed by atoms with E-state index in [1.807, 2.05) is 0 Å². The van der Waals surface area contributed by atoms with Crippen molar-refractivity contribution in [3.05, 3.63) is 36.5 Å². The standard InChI is InChI=1S/C72H138NO8P/c1-3-5-7-9-11-13-15-17-19-21-23-25-27-28-29-30-31-32-33-34-35-36-37-38-39-40-41-42-43-45-47-49-51-53-55-57-59-61-63-65-72(75)81-70(69-80-82(76,77)79-67-66-73)68-78-71(74)64-62-60-58-56-54-52-50-48-46-44-26-24-22-20-18-16-14-12-10-8-6-4-2/h15,17,21,23,27-28,70H,3-14,16,18-20,22,24-26,29-69,73H2,1-2H3,(H,76,77)/b17-15-,23-21-,28-27-. The minimum atomic E-state index is -4.39. The first-order chi connectivity index (χ1) is 40.3. The van der Waals surface area contributed by atoms with E-state index < -0.39 is 26.5 Å². The molecule has 0 bridgehead atoms. The van der Waals surface area contributed by atoms with Crippen LogP contribution in [0, 0.1) is 0 Å². The Kier molecular flexibility index (Phi) is 66.9. The maximum Gasteiger partial charge on any atom is 0.472 e. The molecule has 0 aliphatic heterocycles. The third kappa shape index (κ3) is 67.4. The van der Waals surface area contributed by atoms with Gasteiger partial charge in [0.05, 0.1) is 13.2 Å². The van der Waals surface area contributed by atoms with Gasteiger partial charge in [0.1, 0.15) is 6.61 Å². The lowest BCUT2D eigenvalue weighted by Crippen LogP contribution is -2.29. The van der Waals surface area contributed by atoms with Crippen molar-refractivity contribution in [1.82, 2.24) is 0 Å². The molecule has 484 valence electrons. The normalized spacial score (nSPS) is 13.1. The highest BCUT2D eigenvalue weighted by Crippen LogP contribution is 2.43. The number of carbonyl (C=O) groups excluding carboxylic acids is 2. The molecular formula is C72H138NO8P. The van der Waals surface area contributed by atoms with Gasteiger partial charge >= 0.3 is 19.8 Å². The van der Waals surface area contributed by atoms with Crippen LogP contribution in [0.25, 0.3) is 0 Å². The quantitative estimate of drug-likeness (QED) is 0.0264. The van der Waals surface area contributed by atoms with Gasteiger partial charge in [0.25, 0.3) is 0 Å². The molecule has 0 aromatic carbocycles. The average Bonchev–Trinajstić information content (AvgIpc) is 3.48. The van der Waals surface area contributed by atoms with Crippen molar-refractivity contribution in [2.75, 3.05) is 26.4 Å². The molecule has 0 aliphatic carbocycles. The van der Waals surface area contributed by atoms with E-state index in [-0.39, 0.29) is 38.6 Å². The average molecular weight is 1180 g/mol. The summed E-state index contributed by atoms with van der Waals surface area (Å²) in [5.41, 5.74) is 5.40. The number of esters is 2. The topological polar surface area (TPSA) is 134 Å². The molecule has 0 rings (SSSR count). The van der Waals surface area contributed by atoms with Crippen LogP contribution >= 0.6 is 7.82 Å². The number of allylic oxidation sites excluding steroid dienone is 6. The van der Waals surface area contributed by atoms with Crippen LogP contribution in [-0.2, 0) is 32.7 Å². The Labute approximate surface area is 509 Å². The molecule has 0 saturated heterocycles. The third-order valence-corrected chi connectivity index (χ3v) is 17.3. The number of rotatable bonds is 69. The number of unbranched alkanes of at least 4 members (excludes halogenated alkanes) is 50. The fourth-order valence-electron chi connectivity index (χ4n) is 10.9. The lowest BCUT2D eigenvalue weighted by molar-refractivity contribution is -0.161. The fourth-order valence-corrected chi connectivity index (χ4v) is 11.7. The second-order valence-corrected chi connectivity index (χ2v) is 25.9. The van der Waals surface area contributed by atoms with E-state index in [1.54, 1.807) is 0 Å². The summed E-state index contributed by atoms with van der Waals surface area (Å²) < 4.78 is 33.2. The first-order valence-corrected chi connectivity index (χ1v) is 37.5. The summed E-state index contributed by atoms with van der Waals surface area (Å²) >= 11 is 0. The molecule has 9 nitrogen and oxygen atoms in total. The van der Waals surface area contributed by atoms with Crippen LogP contribution in [0.4, 0.5) is 0 Å². The zero-order valence-electron chi connectivity index (χ0n) is 54.5. The number of phosphoric acid groups is 1. The Morgan fingerprint density at radius 2 is 0.634 bits per heavy atom. The Morgan fingerprint density at radius 1 is 0.366 bits per heavy atom. The SMILES string of the molecule is CCCCCCC/C=C\C/C=C\C/C=C\CCCCCCCCCCCCCCCCCCCCCCCCCCC(=O)OC(COC(=O)CCCCCCCCCCCCCCCCCCCCCCCC)COP(=O)(O)OCCN. The van der Waals surface area contributed by atoms with Crippen molar-refractivity contribution in [2.24, 2.45) is 5.73 Å². The van der Waals surface area contributed by atoms with Gasteiger partial charge in [-0.05, 0) is 51.4 Å². The molecule has 2 atom stereocenters. The molecule has 0 saturated carbocycles. The lowest BCUT2D eigenvalue weighted by Gasteiger charge is -2.19. The molecule has 3 N–H and O–H groups in total. The number of ether oxygens (including phenoxy) is 2. The van der Waals surface area contributed by atoms with Crippen LogP contribution < -0.4 is 5.73 Å². The van der Waals surface area contributed by atoms with Crippen LogP contribution in [0.15, 0.2) is 36.5 Å². The zero-order valence-corrected chi connectivity index (χ0v) is 55.4. The van der Waals surface area contributed by atoms with Gasteiger partial charge in [0.15, 0.2) is 6.10 Å². The van der Waals surface area contributed by atoms with Gasteiger partial charge in [-0.3, -0.25) is 18.6 Å². The number of hydrogen-bond acceptors (Lipinski definition) is 8. The summed E-state index contributed by atoms with van der Waals surface area (Å²) in [5, 5.41) is 0. The van der Waals surface area contributed by atoms with E-state index in [0.29, 0.717) is 6.42 Å². The van der Waals surface area contributed by atoms with Gasteiger partial charge in [-0.25, -0.2) is 4.57 Å². The van der Waals surface area contributed by atoms with Crippen molar-refractivity contribution in [3.8, 4) is 0 Å². The van der Waals surface area contributed by atoms with Crippen molar-refractivity contribution in [3.63, 3.8) is 0 Å². The number of hydrogen-bond donors (Lipinski definition) is 2. The Balaban J connectivity index is 3.77. The summed E-state index contributed by atoms with van der Waals surface area (Å²) in [4.78, 5) is 35.3. The Hall–Kier alpha value is -1.77. The molecule has 0 aromatic rings. The first kappa shape index (κ1) is 80.2. The van der Waals surface area contributed by atoms with Gasteiger partial charge in [0, 0.05) is 19.4 Å². The van der Waals surface area contributed by atoms with E-state index in [9.17, 15) is 19.0 Å². The summed E-state index contributed by atoms with van der Waals surface area (Å²) in [6, 6.07) is 0. The highest BCUT2D eigenvalue weighted by Gasteiger charge is 2.26. The smallest absolute Gasteiger partial charge is 0.462 e. The number of carbonyl (C=O) groups is 2. The van der Waals surface area contributed by atoms with Crippen LogP contribution in [0.1, 0.15) is 380 Å². The molecular weight excluding hydrogens is 1040 g/mol. The van der Waals surface area contributed by atoms with E-state index in [1.165, 1.54) is 302 Å². The molecule has 0 aromatic heterocycles. The van der Waals surface area contributed by atoms with Crippen LogP contribution in [0.2, 0.25) is 0 Å². The number of nitrogens with two attached hydrogens (primary N) is 1. The monoisotopic (exact) mass is 1180 g/mol. The van der Waals surface area contributed by atoms with Gasteiger partial charge in [-0.2, -0.15) is 0 Å². The van der Waals surface area contributed by atoms with Crippen LogP contribution in [0.5, 0.6) is 0 Å². The summed E-state index contributed by atoms with van der Waals surface area (Å²) in [6.07, 6.45) is 85.4. The summed E-state index contributed by atoms with van der Waals surface area (Å²) in [6.45, 7) is 3.81. The predicted molar refractivity (Wildman–Crippen MR) is 354 cm³/mol. The van der Waals surface area contributed by atoms with Crippen LogP contribution in [-0.4, -0.2) is 49.3 Å². The molecule has 10 heteroatoms. The fraction of sp³-hybridized carbons (Fsp3) is 0.889. The van der Waals surface area contributed by atoms with Crippen molar-refractivity contribution in [1.29, 1.82) is 0 Å². The molecule has 82 heavy (non-hydrogen) atoms. The highest BCUT2D eigenvalue weighted by molar-refractivity contribution is 7.47. The van der Waals surface area contributed by atoms with E-state index in [0.717, 1.165) is 44.9 Å². The van der Waals surface area contributed by atoms with E-state index in [4.69, 9.17) is 24.3 Å². The maximum absolute atomic E-state index is 12.8. The summed E-state index contributed by atoms with van der Waals surface area (Å²) in [7, 11) is -4.39. The minimum Gasteiger partial charge on any atom is -0.462 e.